The molecule has 110 valence electrons. The van der Waals surface area contributed by atoms with Gasteiger partial charge in [-0.05, 0) is 6.92 Å². The van der Waals surface area contributed by atoms with Crippen LogP contribution in [0.25, 0.3) is 0 Å². The Labute approximate surface area is 108 Å². The van der Waals surface area contributed by atoms with E-state index in [0.717, 1.165) is 0 Å². The summed E-state index contributed by atoms with van der Waals surface area (Å²) in [4.78, 5) is 21.4. The van der Waals surface area contributed by atoms with Crippen LogP contribution in [0.4, 0.5) is 0 Å². The Balaban J connectivity index is 2.67. The standard InChI is InChI=1S/C10H16O9/c1-3(8(14)15)2-18-10-6(13)4(11)5(12)7(19-10)9(16)17/h3-7,10-13H,2H2,1H3,(H,14,15)(H,16,17). The van der Waals surface area contributed by atoms with Gasteiger partial charge in [0.1, 0.15) is 18.3 Å². The molecular formula is C10H16O9. The van der Waals surface area contributed by atoms with Crippen molar-refractivity contribution >= 4 is 11.9 Å². The summed E-state index contributed by atoms with van der Waals surface area (Å²) in [6, 6.07) is 0. The number of rotatable bonds is 5. The molecule has 0 aromatic carbocycles. The van der Waals surface area contributed by atoms with Gasteiger partial charge in [-0.25, -0.2) is 4.79 Å². The SMILES string of the molecule is CC(COC1OC(C(=O)O)C(O)C(O)C1O)C(=O)O. The molecule has 9 nitrogen and oxygen atoms in total. The van der Waals surface area contributed by atoms with Crippen molar-refractivity contribution < 1.29 is 44.6 Å². The Hall–Kier alpha value is -1.26. The Bertz CT molecular complexity index is 344. The number of carboxylic acid groups (broad SMARTS) is 2. The maximum Gasteiger partial charge on any atom is 0.335 e. The normalized spacial score (nSPS) is 36.7. The number of carboxylic acids is 2. The van der Waals surface area contributed by atoms with Crippen molar-refractivity contribution in [3.8, 4) is 0 Å². The first-order valence-electron chi connectivity index (χ1n) is 5.52. The maximum atomic E-state index is 10.8. The summed E-state index contributed by atoms with van der Waals surface area (Å²) in [5.74, 6) is -3.57. The third-order valence-electron chi connectivity index (χ3n) is 2.75. The molecule has 1 aliphatic heterocycles. The molecule has 1 rings (SSSR count). The summed E-state index contributed by atoms with van der Waals surface area (Å²) >= 11 is 0. The smallest absolute Gasteiger partial charge is 0.335 e. The Kier molecular flexibility index (Phi) is 5.20. The molecule has 0 aromatic heterocycles. The van der Waals surface area contributed by atoms with Gasteiger partial charge in [-0.15, -0.1) is 0 Å². The quantitative estimate of drug-likeness (QED) is 0.371. The second-order valence-electron chi connectivity index (χ2n) is 4.31. The van der Waals surface area contributed by atoms with Gasteiger partial charge in [0.25, 0.3) is 0 Å². The second kappa shape index (κ2) is 6.26. The minimum absolute atomic E-state index is 0.341. The number of aliphatic hydroxyl groups is 3. The highest BCUT2D eigenvalue weighted by atomic mass is 16.7. The molecule has 1 heterocycles. The number of hydrogen-bond donors (Lipinski definition) is 5. The van der Waals surface area contributed by atoms with E-state index >= 15 is 0 Å². The Morgan fingerprint density at radius 1 is 1.16 bits per heavy atom. The van der Waals surface area contributed by atoms with Crippen molar-refractivity contribution in [1.82, 2.24) is 0 Å². The van der Waals surface area contributed by atoms with Crippen LogP contribution in [0.5, 0.6) is 0 Å². The van der Waals surface area contributed by atoms with Gasteiger partial charge in [-0.3, -0.25) is 4.79 Å². The van der Waals surface area contributed by atoms with Crippen molar-refractivity contribution in [3.05, 3.63) is 0 Å². The highest BCUT2D eigenvalue weighted by Crippen LogP contribution is 2.22. The van der Waals surface area contributed by atoms with Gasteiger partial charge in [0.2, 0.25) is 0 Å². The zero-order chi connectivity index (χ0) is 14.7. The average Bonchev–Trinajstić information content (AvgIpc) is 2.34. The summed E-state index contributed by atoms with van der Waals surface area (Å²) in [5, 5.41) is 45.8. The number of hydrogen-bond acceptors (Lipinski definition) is 7. The highest BCUT2D eigenvalue weighted by Gasteiger charge is 2.47. The van der Waals surface area contributed by atoms with Crippen molar-refractivity contribution in [2.45, 2.75) is 37.6 Å². The molecule has 9 heteroatoms. The third-order valence-corrected chi connectivity index (χ3v) is 2.75. The fourth-order valence-electron chi connectivity index (χ4n) is 1.50. The largest absolute Gasteiger partial charge is 0.481 e. The molecule has 6 atom stereocenters. The lowest BCUT2D eigenvalue weighted by Gasteiger charge is -2.38. The van der Waals surface area contributed by atoms with Crippen LogP contribution in [-0.4, -0.2) is 74.8 Å². The van der Waals surface area contributed by atoms with Gasteiger partial charge in [0, 0.05) is 0 Å². The number of aliphatic hydroxyl groups excluding tert-OH is 3. The van der Waals surface area contributed by atoms with E-state index in [2.05, 4.69) is 0 Å². The summed E-state index contributed by atoms with van der Waals surface area (Å²) < 4.78 is 9.73. The van der Waals surface area contributed by atoms with E-state index in [4.69, 9.17) is 19.7 Å². The molecule has 19 heavy (non-hydrogen) atoms. The Morgan fingerprint density at radius 2 is 1.74 bits per heavy atom. The number of carbonyl (C=O) groups is 2. The maximum absolute atomic E-state index is 10.8. The first-order valence-corrected chi connectivity index (χ1v) is 5.52. The van der Waals surface area contributed by atoms with E-state index in [1.807, 2.05) is 0 Å². The molecule has 1 aliphatic rings. The van der Waals surface area contributed by atoms with Gasteiger partial charge in [0.05, 0.1) is 12.5 Å². The van der Waals surface area contributed by atoms with Crippen molar-refractivity contribution in [2.75, 3.05) is 6.61 Å². The Morgan fingerprint density at radius 3 is 2.21 bits per heavy atom. The average molecular weight is 280 g/mol. The van der Waals surface area contributed by atoms with Crippen LogP contribution in [0, 0.1) is 5.92 Å². The van der Waals surface area contributed by atoms with Crippen LogP contribution in [0.3, 0.4) is 0 Å². The minimum atomic E-state index is -1.80. The molecule has 0 bridgehead atoms. The van der Waals surface area contributed by atoms with Gasteiger partial charge in [-0.2, -0.15) is 0 Å². The van der Waals surface area contributed by atoms with E-state index in [1.165, 1.54) is 6.92 Å². The molecule has 0 saturated carbocycles. The fraction of sp³-hybridized carbons (Fsp3) is 0.800. The molecular weight excluding hydrogens is 264 g/mol. The molecule has 6 unspecified atom stereocenters. The minimum Gasteiger partial charge on any atom is -0.481 e. The third kappa shape index (κ3) is 3.61. The van der Waals surface area contributed by atoms with E-state index < -0.39 is 48.6 Å². The number of aliphatic carboxylic acids is 2. The molecule has 0 aliphatic carbocycles. The summed E-state index contributed by atoms with van der Waals surface area (Å²) in [6.45, 7) is 1.00. The molecule has 0 aromatic rings. The topological polar surface area (TPSA) is 154 Å². The van der Waals surface area contributed by atoms with Gasteiger partial charge in [-0.1, -0.05) is 0 Å². The fourth-order valence-corrected chi connectivity index (χ4v) is 1.50. The predicted molar refractivity (Wildman–Crippen MR) is 57.1 cm³/mol. The highest BCUT2D eigenvalue weighted by molar-refractivity contribution is 5.73. The van der Waals surface area contributed by atoms with Crippen LogP contribution in [-0.2, 0) is 19.1 Å². The zero-order valence-electron chi connectivity index (χ0n) is 10.0. The second-order valence-corrected chi connectivity index (χ2v) is 4.31. The van der Waals surface area contributed by atoms with E-state index in [-0.39, 0.29) is 6.61 Å². The lowest BCUT2D eigenvalue weighted by atomic mass is 9.99. The van der Waals surface area contributed by atoms with Crippen molar-refractivity contribution in [2.24, 2.45) is 5.92 Å². The van der Waals surface area contributed by atoms with E-state index in [9.17, 15) is 24.9 Å². The molecule has 0 radical (unpaired) electrons. The summed E-state index contributed by atoms with van der Waals surface area (Å²) in [7, 11) is 0. The van der Waals surface area contributed by atoms with Crippen LogP contribution < -0.4 is 0 Å². The first kappa shape index (κ1) is 15.8. The molecule has 1 fully saturated rings. The molecule has 0 spiro atoms. The first-order chi connectivity index (χ1) is 8.75. The predicted octanol–water partition coefficient (Wildman–Crippen LogP) is -2.38. The lowest BCUT2D eigenvalue weighted by Crippen LogP contribution is -2.60. The molecule has 5 N–H and O–H groups in total. The summed E-state index contributed by atoms with van der Waals surface area (Å²) in [6.07, 6.45) is -8.53. The number of ether oxygens (including phenoxy) is 2. The lowest BCUT2D eigenvalue weighted by molar-refractivity contribution is -0.295. The van der Waals surface area contributed by atoms with Gasteiger partial charge < -0.3 is 35.0 Å². The molecule has 0 amide bonds. The van der Waals surface area contributed by atoms with E-state index in [1.54, 1.807) is 0 Å². The van der Waals surface area contributed by atoms with Gasteiger partial charge in [0.15, 0.2) is 12.4 Å². The van der Waals surface area contributed by atoms with Crippen LogP contribution in [0.2, 0.25) is 0 Å². The monoisotopic (exact) mass is 280 g/mol. The van der Waals surface area contributed by atoms with Crippen LogP contribution >= 0.6 is 0 Å². The van der Waals surface area contributed by atoms with Gasteiger partial charge >= 0.3 is 11.9 Å². The van der Waals surface area contributed by atoms with Crippen LogP contribution in [0.1, 0.15) is 6.92 Å². The van der Waals surface area contributed by atoms with Crippen LogP contribution in [0.15, 0.2) is 0 Å². The van der Waals surface area contributed by atoms with E-state index in [0.29, 0.717) is 0 Å². The van der Waals surface area contributed by atoms with Crippen molar-refractivity contribution in [3.63, 3.8) is 0 Å². The summed E-state index contributed by atoms with van der Waals surface area (Å²) in [5.41, 5.74) is 0. The zero-order valence-corrected chi connectivity index (χ0v) is 10.0. The molecule has 1 saturated heterocycles. The van der Waals surface area contributed by atoms with Crippen molar-refractivity contribution in [1.29, 1.82) is 0 Å².